The van der Waals surface area contributed by atoms with Gasteiger partial charge in [0.05, 0.1) is 34.6 Å². The molecule has 1 atom stereocenters. The van der Waals surface area contributed by atoms with Crippen molar-refractivity contribution in [2.24, 2.45) is 0 Å². The van der Waals surface area contributed by atoms with Crippen molar-refractivity contribution in [1.82, 2.24) is 9.29 Å². The van der Waals surface area contributed by atoms with Crippen LogP contribution in [-0.2, 0) is 19.6 Å². The van der Waals surface area contributed by atoms with Gasteiger partial charge in [-0.05, 0) is 30.7 Å². The van der Waals surface area contributed by atoms with Crippen LogP contribution in [0.5, 0.6) is 5.75 Å². The van der Waals surface area contributed by atoms with Gasteiger partial charge >= 0.3 is 0 Å². The molecule has 0 aliphatic carbocycles. The molecular formula is C24H28N4O5S. The van der Waals surface area contributed by atoms with Gasteiger partial charge in [-0.25, -0.2) is 12.4 Å². The Labute approximate surface area is 198 Å². The number of methoxy groups -OCH3 is 1. The number of para-hydroxylation sites is 1. The maximum atomic E-state index is 14.0. The molecule has 0 saturated carbocycles. The molecule has 0 spiro atoms. The number of carbonyl (C=O) groups excluding carboxylic acids is 1. The number of nitrogens with one attached hydrogen (secondary N) is 1. The molecular weight excluding hydrogens is 456 g/mol. The van der Waals surface area contributed by atoms with Gasteiger partial charge < -0.3 is 24.6 Å². The van der Waals surface area contributed by atoms with Crippen LogP contribution in [0.2, 0.25) is 0 Å². The minimum atomic E-state index is -4.00. The summed E-state index contributed by atoms with van der Waals surface area (Å²) in [5.41, 5.74) is 1.96. The summed E-state index contributed by atoms with van der Waals surface area (Å²) in [5, 5.41) is 3.93. The molecule has 1 N–H and O–H groups in total. The van der Waals surface area contributed by atoms with Gasteiger partial charge in [0, 0.05) is 46.4 Å². The number of rotatable bonds is 7. The first-order valence-corrected chi connectivity index (χ1v) is 12.8. The summed E-state index contributed by atoms with van der Waals surface area (Å²) >= 11 is 0. The molecule has 0 bridgehead atoms. The van der Waals surface area contributed by atoms with Crippen LogP contribution in [0, 0.1) is 0 Å². The van der Waals surface area contributed by atoms with Gasteiger partial charge in [0.25, 0.3) is 16.5 Å². The van der Waals surface area contributed by atoms with Crippen molar-refractivity contribution in [3.8, 4) is 5.75 Å². The number of piperazine rings is 1. The Hall–Kier alpha value is -3.08. The second-order valence-electron chi connectivity index (χ2n) is 8.48. The molecule has 5 rings (SSSR count). The van der Waals surface area contributed by atoms with Crippen LogP contribution in [0.15, 0.2) is 53.6 Å². The number of fused-ring (bicyclic) bond motifs is 1. The summed E-state index contributed by atoms with van der Waals surface area (Å²) in [7, 11) is -2.32. The van der Waals surface area contributed by atoms with Crippen LogP contribution < -0.4 is 19.9 Å². The Balaban J connectivity index is 1.65. The van der Waals surface area contributed by atoms with Gasteiger partial charge in [0.2, 0.25) is 0 Å². The zero-order valence-corrected chi connectivity index (χ0v) is 19.8. The smallest absolute Gasteiger partial charge is 0.298 e. The second kappa shape index (κ2) is 9.28. The van der Waals surface area contributed by atoms with Crippen molar-refractivity contribution >= 4 is 38.8 Å². The lowest BCUT2D eigenvalue weighted by Crippen LogP contribution is -2.43. The van der Waals surface area contributed by atoms with Crippen molar-refractivity contribution in [3.05, 3.63) is 48.7 Å². The Morgan fingerprint density at radius 1 is 1.00 bits per heavy atom. The number of hydrogen-bond donors (Lipinski definition) is 1. The van der Waals surface area contributed by atoms with Gasteiger partial charge in [-0.15, -0.1) is 0 Å². The summed E-state index contributed by atoms with van der Waals surface area (Å²) in [5.74, 6) is 0.223. The number of nitrogens with zero attached hydrogens (tertiary/aromatic N) is 3. The number of ether oxygens (including phenoxy) is 2. The van der Waals surface area contributed by atoms with Crippen LogP contribution in [0.1, 0.15) is 6.42 Å². The zero-order chi connectivity index (χ0) is 23.7. The molecule has 2 saturated heterocycles. The van der Waals surface area contributed by atoms with Crippen molar-refractivity contribution in [3.63, 3.8) is 0 Å². The number of anilines is 2. The topological polar surface area (TPSA) is 93.1 Å². The van der Waals surface area contributed by atoms with Gasteiger partial charge in [0.1, 0.15) is 4.90 Å². The Bertz CT molecular complexity index is 1300. The van der Waals surface area contributed by atoms with Crippen LogP contribution in [0.25, 0.3) is 10.9 Å². The Morgan fingerprint density at radius 3 is 2.50 bits per heavy atom. The van der Waals surface area contributed by atoms with E-state index in [2.05, 4.69) is 10.2 Å². The quantitative estimate of drug-likeness (QED) is 0.510. The largest absolute Gasteiger partial charge is 0.426 e. The van der Waals surface area contributed by atoms with E-state index in [1.807, 2.05) is 29.2 Å². The van der Waals surface area contributed by atoms with E-state index in [-0.39, 0.29) is 16.7 Å². The van der Waals surface area contributed by atoms with Crippen LogP contribution in [0.3, 0.4) is 0 Å². The zero-order valence-electron chi connectivity index (χ0n) is 19.0. The van der Waals surface area contributed by atoms with Crippen molar-refractivity contribution in [2.75, 3.05) is 56.2 Å². The van der Waals surface area contributed by atoms with E-state index < -0.39 is 10.0 Å². The highest BCUT2D eigenvalue weighted by molar-refractivity contribution is 7.90. The van der Waals surface area contributed by atoms with E-state index >= 15 is 0 Å². The first-order chi connectivity index (χ1) is 16.5. The van der Waals surface area contributed by atoms with Crippen LogP contribution in [-0.4, -0.2) is 71.3 Å². The summed E-state index contributed by atoms with van der Waals surface area (Å²) < 4.78 is 40.0. The summed E-state index contributed by atoms with van der Waals surface area (Å²) in [4.78, 5) is 15.7. The first-order valence-electron chi connectivity index (χ1n) is 11.4. The number of carbonyl (C=O) groups is 1. The lowest BCUT2D eigenvalue weighted by Gasteiger charge is -2.30. The number of hydrogen-bond acceptors (Lipinski definition) is 8. The van der Waals surface area contributed by atoms with E-state index in [1.54, 1.807) is 25.3 Å². The van der Waals surface area contributed by atoms with E-state index in [1.165, 1.54) is 10.2 Å². The maximum Gasteiger partial charge on any atom is 0.298 e. The third-order valence-corrected chi connectivity index (χ3v) is 8.31. The van der Waals surface area contributed by atoms with Gasteiger partial charge in [-0.2, -0.15) is 0 Å². The second-order valence-corrected chi connectivity index (χ2v) is 10.3. The SMILES string of the molecule is COC1CCN(c2ccccc2S(=O)(=O)n2cc(OC=O)c3c(N4CCNCC4)cccc32)C1. The summed E-state index contributed by atoms with van der Waals surface area (Å²) in [6.45, 7) is 4.87. The number of aromatic nitrogens is 1. The van der Waals surface area contributed by atoms with Crippen LogP contribution >= 0.6 is 0 Å². The van der Waals surface area contributed by atoms with Gasteiger partial charge in [-0.3, -0.25) is 4.79 Å². The fourth-order valence-corrected chi connectivity index (χ4v) is 6.47. The fraction of sp³-hybridized carbons (Fsp3) is 0.375. The molecule has 3 heterocycles. The highest BCUT2D eigenvalue weighted by Gasteiger charge is 2.31. The molecule has 10 heteroatoms. The normalized spacial score (nSPS) is 19.0. The lowest BCUT2D eigenvalue weighted by atomic mass is 10.1. The first kappa shape index (κ1) is 22.7. The third kappa shape index (κ3) is 3.91. The predicted octanol–water partition coefficient (Wildman–Crippen LogP) is 2.05. The fourth-order valence-electron chi connectivity index (χ4n) is 4.90. The van der Waals surface area contributed by atoms with E-state index in [0.717, 1.165) is 38.3 Å². The minimum absolute atomic E-state index is 0.0670. The molecule has 2 aliphatic rings. The molecule has 2 aromatic carbocycles. The highest BCUT2D eigenvalue weighted by Crippen LogP contribution is 2.39. The predicted molar refractivity (Wildman–Crippen MR) is 130 cm³/mol. The molecule has 9 nitrogen and oxygen atoms in total. The third-order valence-electron chi connectivity index (χ3n) is 6.59. The molecule has 1 unspecified atom stereocenters. The molecule has 3 aromatic rings. The molecule has 0 amide bonds. The van der Waals surface area contributed by atoms with Crippen molar-refractivity contribution < 1.29 is 22.7 Å². The van der Waals surface area contributed by atoms with E-state index in [9.17, 15) is 13.2 Å². The van der Waals surface area contributed by atoms with Gasteiger partial charge in [-0.1, -0.05) is 18.2 Å². The monoisotopic (exact) mass is 484 g/mol. The Morgan fingerprint density at radius 2 is 1.76 bits per heavy atom. The average Bonchev–Trinajstić information content (AvgIpc) is 3.50. The minimum Gasteiger partial charge on any atom is -0.426 e. The molecule has 1 aromatic heterocycles. The molecule has 0 radical (unpaired) electrons. The highest BCUT2D eigenvalue weighted by atomic mass is 32.2. The molecule has 2 aliphatic heterocycles. The van der Waals surface area contributed by atoms with E-state index in [0.29, 0.717) is 36.2 Å². The standard InChI is InChI=1S/C24H28N4O5S/c1-32-18-9-12-27(15-18)19-5-2-3-8-23(19)34(30,31)28-16-22(33-17-29)24-20(6-4-7-21(24)28)26-13-10-25-11-14-26/h2-8,16-18,25H,9-15H2,1H3. The lowest BCUT2D eigenvalue weighted by molar-refractivity contribution is -0.120. The van der Waals surface area contributed by atoms with E-state index in [4.69, 9.17) is 9.47 Å². The maximum absolute atomic E-state index is 14.0. The van der Waals surface area contributed by atoms with Crippen molar-refractivity contribution in [1.29, 1.82) is 0 Å². The summed E-state index contributed by atoms with van der Waals surface area (Å²) in [6.07, 6.45) is 2.30. The van der Waals surface area contributed by atoms with Crippen LogP contribution in [0.4, 0.5) is 11.4 Å². The molecule has 34 heavy (non-hydrogen) atoms. The average molecular weight is 485 g/mol. The van der Waals surface area contributed by atoms with Gasteiger partial charge in [0.15, 0.2) is 5.75 Å². The van der Waals surface area contributed by atoms with Crippen molar-refractivity contribution in [2.45, 2.75) is 17.4 Å². The number of benzene rings is 2. The molecule has 180 valence electrons. The molecule has 2 fully saturated rings. The summed E-state index contributed by atoms with van der Waals surface area (Å²) in [6, 6.07) is 12.5. The Kier molecular flexibility index (Phi) is 6.20.